The summed E-state index contributed by atoms with van der Waals surface area (Å²) in [6.07, 6.45) is 0.303. The smallest absolute Gasteiger partial charge is 0.228 e. The van der Waals surface area contributed by atoms with E-state index in [1.807, 2.05) is 31.2 Å². The maximum atomic E-state index is 11.8. The number of nitrogens with zero attached hydrogens (tertiary/aromatic N) is 2. The Kier molecular flexibility index (Phi) is 3.29. The number of carbonyl (C=O) groups is 1. The number of hydrogen-bond acceptors (Lipinski definition) is 3. The molecule has 1 atom stereocenters. The number of rotatable bonds is 3. The first-order chi connectivity index (χ1) is 8.26. The molecule has 1 aliphatic rings. The standard InChI is InChI=1S/C13H14N2O2/c1-2-17-12-6-4-3-5-11(12)15-9-10(8-14)7-13(15)16/h3-6,10H,2,7,9H2,1H3. The third-order valence-corrected chi connectivity index (χ3v) is 2.76. The zero-order chi connectivity index (χ0) is 12.3. The summed E-state index contributed by atoms with van der Waals surface area (Å²) in [5.74, 6) is 0.475. The monoisotopic (exact) mass is 230 g/mol. The molecule has 1 heterocycles. The molecule has 88 valence electrons. The van der Waals surface area contributed by atoms with Gasteiger partial charge in [-0.05, 0) is 19.1 Å². The van der Waals surface area contributed by atoms with Gasteiger partial charge in [-0.3, -0.25) is 4.79 Å². The van der Waals surface area contributed by atoms with E-state index < -0.39 is 0 Å². The summed E-state index contributed by atoms with van der Waals surface area (Å²) >= 11 is 0. The first-order valence-corrected chi connectivity index (χ1v) is 5.68. The Morgan fingerprint density at radius 1 is 1.53 bits per heavy atom. The Labute approximate surface area is 100 Å². The second-order valence-electron chi connectivity index (χ2n) is 3.94. The van der Waals surface area contributed by atoms with Gasteiger partial charge < -0.3 is 9.64 Å². The Hall–Kier alpha value is -2.02. The van der Waals surface area contributed by atoms with Crippen LogP contribution in [0.4, 0.5) is 5.69 Å². The number of ether oxygens (including phenoxy) is 1. The molecule has 1 aliphatic heterocycles. The van der Waals surface area contributed by atoms with Crippen molar-refractivity contribution in [2.45, 2.75) is 13.3 Å². The molecule has 1 unspecified atom stereocenters. The van der Waals surface area contributed by atoms with Crippen LogP contribution in [0.2, 0.25) is 0 Å². The third-order valence-electron chi connectivity index (χ3n) is 2.76. The Bertz CT molecular complexity index is 465. The molecule has 0 aliphatic carbocycles. The summed E-state index contributed by atoms with van der Waals surface area (Å²) in [5.41, 5.74) is 0.761. The van der Waals surface area contributed by atoms with Crippen molar-refractivity contribution in [3.8, 4) is 11.8 Å². The Balaban J connectivity index is 2.28. The number of amides is 1. The van der Waals surface area contributed by atoms with Crippen molar-refractivity contribution in [3.63, 3.8) is 0 Å². The van der Waals surface area contributed by atoms with Crippen LogP contribution in [0.15, 0.2) is 24.3 Å². The quantitative estimate of drug-likeness (QED) is 0.797. The third kappa shape index (κ3) is 2.23. The Morgan fingerprint density at radius 3 is 2.94 bits per heavy atom. The van der Waals surface area contributed by atoms with Crippen LogP contribution in [-0.2, 0) is 4.79 Å². The summed E-state index contributed by atoms with van der Waals surface area (Å²) in [4.78, 5) is 13.5. The number of benzene rings is 1. The minimum Gasteiger partial charge on any atom is -0.492 e. The minimum absolute atomic E-state index is 0.0105. The highest BCUT2D eigenvalue weighted by atomic mass is 16.5. The first kappa shape index (κ1) is 11.5. The fourth-order valence-corrected chi connectivity index (χ4v) is 1.98. The highest BCUT2D eigenvalue weighted by Crippen LogP contribution is 2.32. The lowest BCUT2D eigenvalue weighted by Crippen LogP contribution is -2.25. The lowest BCUT2D eigenvalue weighted by atomic mass is 10.1. The summed E-state index contributed by atoms with van der Waals surface area (Å²) in [6, 6.07) is 9.57. The van der Waals surface area contributed by atoms with Crippen molar-refractivity contribution in [1.82, 2.24) is 0 Å². The first-order valence-electron chi connectivity index (χ1n) is 5.68. The molecule has 1 saturated heterocycles. The van der Waals surface area contributed by atoms with E-state index in [0.717, 1.165) is 5.69 Å². The molecule has 4 nitrogen and oxygen atoms in total. The molecular formula is C13H14N2O2. The van der Waals surface area contributed by atoms with E-state index in [4.69, 9.17) is 10.00 Å². The van der Waals surface area contributed by atoms with Gasteiger partial charge in [0, 0.05) is 13.0 Å². The molecule has 1 amide bonds. The lowest BCUT2D eigenvalue weighted by Gasteiger charge is -2.19. The van der Waals surface area contributed by atoms with E-state index in [-0.39, 0.29) is 11.8 Å². The Morgan fingerprint density at radius 2 is 2.29 bits per heavy atom. The van der Waals surface area contributed by atoms with Gasteiger partial charge in [0.05, 0.1) is 24.3 Å². The van der Waals surface area contributed by atoms with Crippen molar-refractivity contribution in [2.75, 3.05) is 18.1 Å². The maximum Gasteiger partial charge on any atom is 0.228 e. The highest BCUT2D eigenvalue weighted by molar-refractivity contribution is 5.97. The van der Waals surface area contributed by atoms with Gasteiger partial charge in [-0.1, -0.05) is 12.1 Å². The number of nitriles is 1. The molecule has 4 heteroatoms. The molecule has 2 rings (SSSR count). The molecule has 0 saturated carbocycles. The molecule has 0 spiro atoms. The van der Waals surface area contributed by atoms with Crippen LogP contribution in [0.1, 0.15) is 13.3 Å². The largest absolute Gasteiger partial charge is 0.492 e. The maximum absolute atomic E-state index is 11.8. The molecule has 1 aromatic rings. The van der Waals surface area contributed by atoms with Crippen molar-refractivity contribution in [3.05, 3.63) is 24.3 Å². The summed E-state index contributed by atoms with van der Waals surface area (Å²) < 4.78 is 5.49. The van der Waals surface area contributed by atoms with E-state index >= 15 is 0 Å². The topological polar surface area (TPSA) is 53.3 Å². The second-order valence-corrected chi connectivity index (χ2v) is 3.94. The van der Waals surface area contributed by atoms with Crippen LogP contribution in [0.5, 0.6) is 5.75 Å². The second kappa shape index (κ2) is 4.88. The number of para-hydroxylation sites is 2. The van der Waals surface area contributed by atoms with Crippen LogP contribution >= 0.6 is 0 Å². The van der Waals surface area contributed by atoms with Gasteiger partial charge in [0.2, 0.25) is 5.91 Å². The van der Waals surface area contributed by atoms with Gasteiger partial charge in [0.1, 0.15) is 5.75 Å². The van der Waals surface area contributed by atoms with E-state index in [2.05, 4.69) is 6.07 Å². The lowest BCUT2D eigenvalue weighted by molar-refractivity contribution is -0.117. The van der Waals surface area contributed by atoms with Crippen LogP contribution in [0.3, 0.4) is 0 Å². The molecular weight excluding hydrogens is 216 g/mol. The molecule has 17 heavy (non-hydrogen) atoms. The van der Waals surface area contributed by atoms with E-state index in [0.29, 0.717) is 25.3 Å². The van der Waals surface area contributed by atoms with Crippen LogP contribution in [0, 0.1) is 17.2 Å². The molecule has 0 aromatic heterocycles. The van der Waals surface area contributed by atoms with Gasteiger partial charge in [0.15, 0.2) is 0 Å². The SMILES string of the molecule is CCOc1ccccc1N1CC(C#N)CC1=O. The van der Waals surface area contributed by atoms with E-state index in [9.17, 15) is 4.79 Å². The predicted molar refractivity (Wildman–Crippen MR) is 63.7 cm³/mol. The van der Waals surface area contributed by atoms with Crippen molar-refractivity contribution < 1.29 is 9.53 Å². The number of carbonyl (C=O) groups excluding carboxylic acids is 1. The zero-order valence-electron chi connectivity index (χ0n) is 9.72. The van der Waals surface area contributed by atoms with Gasteiger partial charge >= 0.3 is 0 Å². The zero-order valence-corrected chi connectivity index (χ0v) is 9.72. The minimum atomic E-state index is -0.211. The summed E-state index contributed by atoms with van der Waals surface area (Å²) in [6.45, 7) is 2.92. The number of anilines is 1. The van der Waals surface area contributed by atoms with E-state index in [1.54, 1.807) is 4.90 Å². The van der Waals surface area contributed by atoms with E-state index in [1.165, 1.54) is 0 Å². The fraction of sp³-hybridized carbons (Fsp3) is 0.385. The predicted octanol–water partition coefficient (Wildman–Crippen LogP) is 1.96. The summed E-state index contributed by atoms with van der Waals surface area (Å²) in [5, 5.41) is 8.86. The highest BCUT2D eigenvalue weighted by Gasteiger charge is 2.31. The average molecular weight is 230 g/mol. The van der Waals surface area contributed by atoms with Crippen LogP contribution < -0.4 is 9.64 Å². The van der Waals surface area contributed by atoms with Gasteiger partial charge in [-0.2, -0.15) is 5.26 Å². The van der Waals surface area contributed by atoms with Crippen LogP contribution in [-0.4, -0.2) is 19.1 Å². The van der Waals surface area contributed by atoms with Crippen LogP contribution in [0.25, 0.3) is 0 Å². The van der Waals surface area contributed by atoms with Gasteiger partial charge in [-0.15, -0.1) is 0 Å². The van der Waals surface area contributed by atoms with Crippen molar-refractivity contribution in [2.24, 2.45) is 5.92 Å². The summed E-state index contributed by atoms with van der Waals surface area (Å²) in [7, 11) is 0. The normalized spacial score (nSPS) is 19.2. The van der Waals surface area contributed by atoms with Gasteiger partial charge in [0.25, 0.3) is 0 Å². The van der Waals surface area contributed by atoms with Gasteiger partial charge in [-0.25, -0.2) is 0 Å². The molecule has 1 fully saturated rings. The number of hydrogen-bond donors (Lipinski definition) is 0. The average Bonchev–Trinajstić information content (AvgIpc) is 2.72. The molecule has 0 N–H and O–H groups in total. The molecule has 0 radical (unpaired) electrons. The van der Waals surface area contributed by atoms with Crippen molar-refractivity contribution >= 4 is 11.6 Å². The van der Waals surface area contributed by atoms with Crippen molar-refractivity contribution in [1.29, 1.82) is 5.26 Å². The molecule has 1 aromatic carbocycles. The molecule has 0 bridgehead atoms. The fourth-order valence-electron chi connectivity index (χ4n) is 1.98.